The topological polar surface area (TPSA) is 105 Å². The van der Waals surface area contributed by atoms with Gasteiger partial charge in [-0.1, -0.05) is 22.8 Å². The fraction of sp³-hybridized carbons (Fsp3) is 0.250. The average Bonchev–Trinajstić information content (AvgIpc) is 3.38. The molecule has 2 heterocycles. The van der Waals surface area contributed by atoms with Crippen molar-refractivity contribution < 1.29 is 26.4 Å². The van der Waals surface area contributed by atoms with Crippen LogP contribution in [-0.4, -0.2) is 41.4 Å². The van der Waals surface area contributed by atoms with E-state index in [4.69, 9.17) is 4.42 Å². The summed E-state index contributed by atoms with van der Waals surface area (Å²) in [6, 6.07) is 7.94. The molecule has 1 aliphatic rings. The van der Waals surface area contributed by atoms with Gasteiger partial charge in [-0.15, -0.1) is 5.10 Å². The molecular weight excluding hydrogens is 430 g/mol. The molecule has 0 spiro atoms. The summed E-state index contributed by atoms with van der Waals surface area (Å²) in [4.78, 5) is 12.8. The van der Waals surface area contributed by atoms with E-state index in [0.29, 0.717) is 18.9 Å². The van der Waals surface area contributed by atoms with Gasteiger partial charge >= 0.3 is 6.01 Å². The average molecular weight is 448 g/mol. The Morgan fingerprint density at radius 3 is 2.61 bits per heavy atom. The first-order valence-corrected chi connectivity index (χ1v) is 10.9. The summed E-state index contributed by atoms with van der Waals surface area (Å²) in [5.74, 6) is -2.54. The van der Waals surface area contributed by atoms with Crippen LogP contribution in [0.15, 0.2) is 51.8 Å². The number of aromatic nitrogens is 2. The second kappa shape index (κ2) is 8.16. The smallest absolute Gasteiger partial charge is 0.322 e. The van der Waals surface area contributed by atoms with Gasteiger partial charge in [0.15, 0.2) is 0 Å². The van der Waals surface area contributed by atoms with E-state index in [0.717, 1.165) is 22.0 Å². The second-order valence-electron chi connectivity index (χ2n) is 7.11. The minimum Gasteiger partial charge on any atom is -0.403 e. The summed E-state index contributed by atoms with van der Waals surface area (Å²) in [6.45, 7) is 2.04. The van der Waals surface area contributed by atoms with Crippen LogP contribution in [0.4, 0.5) is 14.8 Å². The van der Waals surface area contributed by atoms with E-state index in [1.54, 1.807) is 12.1 Å². The number of nitrogens with zero attached hydrogens (tertiary/aromatic N) is 3. The third-order valence-electron chi connectivity index (χ3n) is 4.95. The number of halogens is 2. The maximum absolute atomic E-state index is 13.9. The molecule has 0 radical (unpaired) electrons. The molecule has 2 aromatic carbocycles. The van der Waals surface area contributed by atoms with Gasteiger partial charge in [0, 0.05) is 12.6 Å². The molecule has 4 rings (SSSR count). The van der Waals surface area contributed by atoms with Gasteiger partial charge in [-0.3, -0.25) is 10.1 Å². The van der Waals surface area contributed by atoms with Crippen molar-refractivity contribution in [2.24, 2.45) is 0 Å². The standard InChI is InChI=1S/C20H18F2N4O4S/c1-12-4-7-14(8-5-12)31(28,29)26-10-2-3-17(26)18(27)23-20-25-24-19(30-20)15-9-6-13(21)11-16(15)22/h4-9,11,17H,2-3,10H2,1H3,(H,23,25,27). The number of carbonyl (C=O) groups excluding carboxylic acids is 1. The number of aryl methyl sites for hydroxylation is 1. The van der Waals surface area contributed by atoms with E-state index < -0.39 is 33.6 Å². The highest BCUT2D eigenvalue weighted by molar-refractivity contribution is 7.89. The van der Waals surface area contributed by atoms with Crippen LogP contribution < -0.4 is 5.32 Å². The highest BCUT2D eigenvalue weighted by atomic mass is 32.2. The molecule has 1 N–H and O–H groups in total. The molecule has 1 fully saturated rings. The van der Waals surface area contributed by atoms with Gasteiger partial charge < -0.3 is 4.42 Å². The summed E-state index contributed by atoms with van der Waals surface area (Å²) in [5.41, 5.74) is 0.790. The van der Waals surface area contributed by atoms with E-state index in [2.05, 4.69) is 15.5 Å². The lowest BCUT2D eigenvalue weighted by Crippen LogP contribution is -2.43. The SMILES string of the molecule is Cc1ccc(S(=O)(=O)N2CCCC2C(=O)Nc2nnc(-c3ccc(F)cc3F)o2)cc1. The number of amides is 1. The summed E-state index contributed by atoms with van der Waals surface area (Å²) in [5, 5.41) is 9.69. The van der Waals surface area contributed by atoms with E-state index in [-0.39, 0.29) is 28.9 Å². The lowest BCUT2D eigenvalue weighted by molar-refractivity contribution is -0.119. The van der Waals surface area contributed by atoms with Crippen LogP contribution in [0.1, 0.15) is 18.4 Å². The van der Waals surface area contributed by atoms with Crippen molar-refractivity contribution in [3.63, 3.8) is 0 Å². The number of hydrogen-bond donors (Lipinski definition) is 1. The molecule has 1 saturated heterocycles. The number of nitrogens with one attached hydrogen (secondary N) is 1. The number of hydrogen-bond acceptors (Lipinski definition) is 6. The van der Waals surface area contributed by atoms with E-state index in [9.17, 15) is 22.0 Å². The molecule has 8 nitrogen and oxygen atoms in total. The second-order valence-corrected chi connectivity index (χ2v) is 9.00. The molecule has 0 saturated carbocycles. The van der Waals surface area contributed by atoms with Crippen LogP contribution in [0, 0.1) is 18.6 Å². The van der Waals surface area contributed by atoms with Gasteiger partial charge in [0.2, 0.25) is 15.9 Å². The first kappa shape index (κ1) is 21.1. The first-order chi connectivity index (χ1) is 14.8. The van der Waals surface area contributed by atoms with Gasteiger partial charge in [-0.05, 0) is 44.0 Å². The monoisotopic (exact) mass is 448 g/mol. The summed E-state index contributed by atoms with van der Waals surface area (Å²) < 4.78 is 59.3. The third-order valence-corrected chi connectivity index (χ3v) is 6.87. The molecule has 1 atom stereocenters. The summed E-state index contributed by atoms with van der Waals surface area (Å²) in [6.07, 6.45) is 0.837. The van der Waals surface area contributed by atoms with E-state index >= 15 is 0 Å². The zero-order valence-electron chi connectivity index (χ0n) is 16.4. The predicted molar refractivity (Wildman–Crippen MR) is 106 cm³/mol. The van der Waals surface area contributed by atoms with Crippen molar-refractivity contribution in [3.05, 3.63) is 59.7 Å². The molecule has 1 amide bonds. The molecule has 31 heavy (non-hydrogen) atoms. The van der Waals surface area contributed by atoms with Crippen LogP contribution in [0.5, 0.6) is 0 Å². The molecule has 0 aliphatic carbocycles. The van der Waals surface area contributed by atoms with Crippen LogP contribution >= 0.6 is 0 Å². The van der Waals surface area contributed by atoms with Crippen molar-refractivity contribution in [3.8, 4) is 11.5 Å². The fourth-order valence-corrected chi connectivity index (χ4v) is 5.03. The highest BCUT2D eigenvalue weighted by Gasteiger charge is 2.39. The van der Waals surface area contributed by atoms with Gasteiger partial charge in [-0.2, -0.15) is 4.31 Å². The molecular formula is C20H18F2N4O4S. The fourth-order valence-electron chi connectivity index (χ4n) is 3.37. The Morgan fingerprint density at radius 2 is 1.90 bits per heavy atom. The Hall–Kier alpha value is -3.18. The Balaban J connectivity index is 1.52. The van der Waals surface area contributed by atoms with Crippen molar-refractivity contribution in [2.45, 2.75) is 30.7 Å². The Kier molecular flexibility index (Phi) is 5.54. The highest BCUT2D eigenvalue weighted by Crippen LogP contribution is 2.28. The maximum Gasteiger partial charge on any atom is 0.322 e. The molecule has 1 aromatic heterocycles. The van der Waals surface area contributed by atoms with Crippen LogP contribution in [0.2, 0.25) is 0 Å². The molecule has 11 heteroatoms. The lowest BCUT2D eigenvalue weighted by atomic mass is 10.2. The minimum absolute atomic E-state index is 0.102. The van der Waals surface area contributed by atoms with Crippen LogP contribution in [0.25, 0.3) is 11.5 Å². The molecule has 162 valence electrons. The van der Waals surface area contributed by atoms with Gasteiger partial charge in [0.25, 0.3) is 5.89 Å². The number of benzene rings is 2. The van der Waals surface area contributed by atoms with E-state index in [1.807, 2.05) is 6.92 Å². The van der Waals surface area contributed by atoms with Crippen LogP contribution in [0.3, 0.4) is 0 Å². The zero-order chi connectivity index (χ0) is 22.2. The zero-order valence-corrected chi connectivity index (χ0v) is 17.2. The molecule has 1 aliphatic heterocycles. The summed E-state index contributed by atoms with van der Waals surface area (Å²) >= 11 is 0. The van der Waals surface area contributed by atoms with E-state index in [1.165, 1.54) is 12.1 Å². The normalized spacial score (nSPS) is 17.1. The lowest BCUT2D eigenvalue weighted by Gasteiger charge is -2.22. The molecule has 0 bridgehead atoms. The summed E-state index contributed by atoms with van der Waals surface area (Å²) in [7, 11) is -3.87. The van der Waals surface area contributed by atoms with Crippen molar-refractivity contribution >= 4 is 21.9 Å². The first-order valence-electron chi connectivity index (χ1n) is 9.44. The Bertz CT molecular complexity index is 1230. The maximum atomic E-state index is 13.9. The molecule has 3 aromatic rings. The number of carbonyl (C=O) groups is 1. The largest absolute Gasteiger partial charge is 0.403 e. The number of sulfonamides is 1. The Morgan fingerprint density at radius 1 is 1.16 bits per heavy atom. The van der Waals surface area contributed by atoms with Crippen molar-refractivity contribution in [1.82, 2.24) is 14.5 Å². The van der Waals surface area contributed by atoms with Crippen LogP contribution in [-0.2, 0) is 14.8 Å². The quantitative estimate of drug-likeness (QED) is 0.643. The van der Waals surface area contributed by atoms with Crippen molar-refractivity contribution in [2.75, 3.05) is 11.9 Å². The van der Waals surface area contributed by atoms with Gasteiger partial charge in [0.1, 0.15) is 17.7 Å². The third kappa shape index (κ3) is 4.19. The Labute approximate surface area is 176 Å². The number of anilines is 1. The predicted octanol–water partition coefficient (Wildman–Crippen LogP) is 3.12. The van der Waals surface area contributed by atoms with Gasteiger partial charge in [0.05, 0.1) is 10.5 Å². The number of rotatable bonds is 5. The minimum atomic E-state index is -3.87. The van der Waals surface area contributed by atoms with Gasteiger partial charge in [-0.25, -0.2) is 17.2 Å². The molecule has 1 unspecified atom stereocenters. The van der Waals surface area contributed by atoms with Crippen molar-refractivity contribution in [1.29, 1.82) is 0 Å².